The first-order chi connectivity index (χ1) is 8.02. The average molecular weight is 261 g/mol. The van der Waals surface area contributed by atoms with Crippen LogP contribution in [0.2, 0.25) is 0 Å². The maximum atomic E-state index is 12.7. The lowest BCUT2D eigenvalue weighted by molar-refractivity contribution is -0.137. The molecule has 1 heterocycles. The number of thioether (sulfide) groups is 1. The molecule has 0 amide bonds. The molecule has 0 N–H and O–H groups in total. The van der Waals surface area contributed by atoms with E-state index >= 15 is 0 Å². The summed E-state index contributed by atoms with van der Waals surface area (Å²) >= 11 is 1.49. The van der Waals surface area contributed by atoms with Crippen molar-refractivity contribution in [2.45, 2.75) is 23.9 Å². The molecule has 1 aromatic rings. The molecule has 1 aromatic carbocycles. The first-order valence-corrected chi connectivity index (χ1v) is 6.75. The Hall–Kier alpha value is -0.840. The third-order valence-electron chi connectivity index (χ3n) is 2.95. The SMILES string of the molecule is CSc1ccc(C(F)(F)F)cc1N1CCCC1. The Morgan fingerprint density at radius 2 is 1.82 bits per heavy atom. The maximum absolute atomic E-state index is 12.7. The fourth-order valence-electron chi connectivity index (χ4n) is 2.07. The van der Waals surface area contributed by atoms with E-state index in [9.17, 15) is 13.2 Å². The van der Waals surface area contributed by atoms with Crippen LogP contribution < -0.4 is 4.90 Å². The summed E-state index contributed by atoms with van der Waals surface area (Å²) in [6.45, 7) is 1.71. The summed E-state index contributed by atoms with van der Waals surface area (Å²) in [6, 6.07) is 4.00. The van der Waals surface area contributed by atoms with E-state index in [4.69, 9.17) is 0 Å². The Labute approximate surface area is 103 Å². The highest BCUT2D eigenvalue weighted by Crippen LogP contribution is 2.37. The van der Waals surface area contributed by atoms with Gasteiger partial charge in [-0.15, -0.1) is 11.8 Å². The fourth-order valence-corrected chi connectivity index (χ4v) is 2.67. The van der Waals surface area contributed by atoms with Crippen LogP contribution in [0, 0.1) is 0 Å². The monoisotopic (exact) mass is 261 g/mol. The van der Waals surface area contributed by atoms with Gasteiger partial charge in [-0.3, -0.25) is 0 Å². The maximum Gasteiger partial charge on any atom is 0.416 e. The standard InChI is InChI=1S/C12H14F3NS/c1-17-11-5-4-9(12(13,14)15)8-10(11)16-6-2-3-7-16/h4-5,8H,2-3,6-7H2,1H3. The molecule has 1 nitrogen and oxygen atoms in total. The second-order valence-electron chi connectivity index (χ2n) is 4.08. The number of nitrogens with zero attached hydrogens (tertiary/aromatic N) is 1. The molecule has 0 radical (unpaired) electrons. The van der Waals surface area contributed by atoms with Crippen molar-refractivity contribution in [3.63, 3.8) is 0 Å². The van der Waals surface area contributed by atoms with E-state index in [0.717, 1.165) is 42.6 Å². The second kappa shape index (κ2) is 4.80. The van der Waals surface area contributed by atoms with Crippen LogP contribution in [0.1, 0.15) is 18.4 Å². The Morgan fingerprint density at radius 3 is 2.35 bits per heavy atom. The minimum absolute atomic E-state index is 0.558. The Balaban J connectivity index is 2.39. The van der Waals surface area contributed by atoms with E-state index in [2.05, 4.69) is 0 Å². The van der Waals surface area contributed by atoms with Gasteiger partial charge in [0.15, 0.2) is 0 Å². The minimum atomic E-state index is -4.26. The molecule has 0 aliphatic carbocycles. The molecular weight excluding hydrogens is 247 g/mol. The number of hydrogen-bond acceptors (Lipinski definition) is 2. The van der Waals surface area contributed by atoms with Crippen molar-refractivity contribution < 1.29 is 13.2 Å². The quantitative estimate of drug-likeness (QED) is 0.739. The van der Waals surface area contributed by atoms with E-state index in [1.165, 1.54) is 17.8 Å². The number of halogens is 3. The predicted molar refractivity (Wildman–Crippen MR) is 64.7 cm³/mol. The van der Waals surface area contributed by atoms with Crippen LogP contribution in [-0.2, 0) is 6.18 Å². The average Bonchev–Trinajstić information content (AvgIpc) is 2.80. The van der Waals surface area contributed by atoms with E-state index in [0.29, 0.717) is 0 Å². The zero-order chi connectivity index (χ0) is 12.5. The summed E-state index contributed by atoms with van der Waals surface area (Å²) in [7, 11) is 0. The molecule has 5 heteroatoms. The zero-order valence-corrected chi connectivity index (χ0v) is 10.4. The first-order valence-electron chi connectivity index (χ1n) is 5.52. The van der Waals surface area contributed by atoms with E-state index in [1.807, 2.05) is 11.2 Å². The van der Waals surface area contributed by atoms with Gasteiger partial charge >= 0.3 is 6.18 Å². The molecule has 0 spiro atoms. The molecule has 1 aliphatic rings. The molecule has 1 saturated heterocycles. The minimum Gasteiger partial charge on any atom is -0.371 e. The normalized spacial score (nSPS) is 16.6. The summed E-state index contributed by atoms with van der Waals surface area (Å²) in [5.74, 6) is 0. The molecule has 1 fully saturated rings. The third-order valence-corrected chi connectivity index (χ3v) is 3.74. The van der Waals surface area contributed by atoms with Crippen molar-refractivity contribution in [3.05, 3.63) is 23.8 Å². The van der Waals surface area contributed by atoms with Gasteiger partial charge in [0.2, 0.25) is 0 Å². The van der Waals surface area contributed by atoms with Gasteiger partial charge in [0.05, 0.1) is 11.3 Å². The number of benzene rings is 1. The molecule has 17 heavy (non-hydrogen) atoms. The summed E-state index contributed by atoms with van der Waals surface area (Å²) in [5, 5.41) is 0. The molecule has 1 aliphatic heterocycles. The van der Waals surface area contributed by atoms with Crippen LogP contribution in [0.25, 0.3) is 0 Å². The molecule has 0 saturated carbocycles. The van der Waals surface area contributed by atoms with Crippen molar-refractivity contribution >= 4 is 17.4 Å². The smallest absolute Gasteiger partial charge is 0.371 e. The van der Waals surface area contributed by atoms with Crippen molar-refractivity contribution in [2.75, 3.05) is 24.2 Å². The predicted octanol–water partition coefficient (Wildman–Crippen LogP) is 4.03. The fraction of sp³-hybridized carbons (Fsp3) is 0.500. The summed E-state index contributed by atoms with van der Waals surface area (Å²) in [5.41, 5.74) is 0.169. The third kappa shape index (κ3) is 2.70. The highest BCUT2D eigenvalue weighted by Gasteiger charge is 2.31. The van der Waals surface area contributed by atoms with Gasteiger partial charge in [-0.2, -0.15) is 13.2 Å². The number of anilines is 1. The van der Waals surface area contributed by atoms with Gasteiger partial charge in [-0.05, 0) is 37.3 Å². The Morgan fingerprint density at radius 1 is 1.18 bits per heavy atom. The number of alkyl halides is 3. The highest BCUT2D eigenvalue weighted by atomic mass is 32.2. The van der Waals surface area contributed by atoms with E-state index in [-0.39, 0.29) is 0 Å². The van der Waals surface area contributed by atoms with Crippen LogP contribution in [0.3, 0.4) is 0 Å². The molecule has 2 rings (SSSR count). The van der Waals surface area contributed by atoms with E-state index < -0.39 is 11.7 Å². The summed E-state index contributed by atoms with van der Waals surface area (Å²) < 4.78 is 38.0. The molecule has 0 bridgehead atoms. The molecular formula is C12H14F3NS. The van der Waals surface area contributed by atoms with Gasteiger partial charge in [0, 0.05) is 18.0 Å². The Bertz CT molecular complexity index is 397. The summed E-state index contributed by atoms with van der Waals surface area (Å²) in [6.07, 6.45) is -0.248. The van der Waals surface area contributed by atoms with Crippen LogP contribution >= 0.6 is 11.8 Å². The lowest BCUT2D eigenvalue weighted by Gasteiger charge is -2.22. The topological polar surface area (TPSA) is 3.24 Å². The first kappa shape index (κ1) is 12.6. The van der Waals surface area contributed by atoms with Crippen molar-refractivity contribution in [2.24, 2.45) is 0 Å². The van der Waals surface area contributed by atoms with Crippen LogP contribution in [0.4, 0.5) is 18.9 Å². The largest absolute Gasteiger partial charge is 0.416 e. The highest BCUT2D eigenvalue weighted by molar-refractivity contribution is 7.98. The number of hydrogen-bond donors (Lipinski definition) is 0. The summed E-state index contributed by atoms with van der Waals surface area (Å²) in [4.78, 5) is 2.96. The lowest BCUT2D eigenvalue weighted by Crippen LogP contribution is -2.19. The van der Waals surface area contributed by atoms with Gasteiger partial charge in [-0.25, -0.2) is 0 Å². The van der Waals surface area contributed by atoms with Crippen molar-refractivity contribution in [1.29, 1.82) is 0 Å². The van der Waals surface area contributed by atoms with Crippen LogP contribution in [0.15, 0.2) is 23.1 Å². The van der Waals surface area contributed by atoms with Crippen LogP contribution in [-0.4, -0.2) is 19.3 Å². The molecule has 94 valence electrons. The second-order valence-corrected chi connectivity index (χ2v) is 4.93. The van der Waals surface area contributed by atoms with Gasteiger partial charge < -0.3 is 4.90 Å². The Kier molecular flexibility index (Phi) is 3.56. The molecule has 0 aromatic heterocycles. The molecule has 0 unspecified atom stereocenters. The van der Waals surface area contributed by atoms with Gasteiger partial charge in [0.25, 0.3) is 0 Å². The lowest BCUT2D eigenvalue weighted by atomic mass is 10.2. The van der Waals surface area contributed by atoms with Crippen molar-refractivity contribution in [1.82, 2.24) is 0 Å². The van der Waals surface area contributed by atoms with E-state index in [1.54, 1.807) is 6.07 Å². The number of rotatable bonds is 2. The molecule has 0 atom stereocenters. The van der Waals surface area contributed by atoms with Crippen molar-refractivity contribution in [3.8, 4) is 0 Å². The van der Waals surface area contributed by atoms with Gasteiger partial charge in [0.1, 0.15) is 0 Å². The van der Waals surface area contributed by atoms with Crippen LogP contribution in [0.5, 0.6) is 0 Å². The van der Waals surface area contributed by atoms with Gasteiger partial charge in [-0.1, -0.05) is 0 Å². The zero-order valence-electron chi connectivity index (χ0n) is 9.55.